The van der Waals surface area contributed by atoms with Crippen LogP contribution in [0.1, 0.15) is 6.92 Å². The zero-order chi connectivity index (χ0) is 9.84. The summed E-state index contributed by atoms with van der Waals surface area (Å²) < 4.78 is 9.13. The average molecular weight is 185 g/mol. The average Bonchev–Trinajstić information content (AvgIpc) is 2.08. The van der Waals surface area contributed by atoms with E-state index < -0.39 is 6.16 Å². The lowest BCUT2D eigenvalue weighted by Crippen LogP contribution is -2.45. The molecule has 1 aliphatic heterocycles. The first-order valence-corrected chi connectivity index (χ1v) is 3.85. The highest BCUT2D eigenvalue weighted by Crippen LogP contribution is 2.00. The molecule has 0 spiro atoms. The Bertz CT molecular complexity index is 239. The number of ether oxygens (including phenoxy) is 2. The molecule has 0 atom stereocenters. The minimum atomic E-state index is -0.694. The normalized spacial score (nSPS) is 17.2. The van der Waals surface area contributed by atoms with Crippen molar-refractivity contribution < 1.29 is 19.1 Å². The van der Waals surface area contributed by atoms with Crippen molar-refractivity contribution in [2.45, 2.75) is 13.0 Å². The number of amides is 1. The monoisotopic (exact) mass is 185 g/mol. The molecule has 1 N–H and O–H groups in total. The van der Waals surface area contributed by atoms with Gasteiger partial charge in [0.05, 0.1) is 6.04 Å². The van der Waals surface area contributed by atoms with Crippen LogP contribution in [0.5, 0.6) is 0 Å². The predicted octanol–water partition coefficient (Wildman–Crippen LogP) is 0.214. The van der Waals surface area contributed by atoms with Crippen LogP contribution in [-0.4, -0.2) is 31.3 Å². The van der Waals surface area contributed by atoms with Crippen LogP contribution in [0.25, 0.3) is 0 Å². The van der Waals surface area contributed by atoms with E-state index in [-0.39, 0.29) is 25.2 Å². The van der Waals surface area contributed by atoms with Gasteiger partial charge in [0, 0.05) is 5.57 Å². The van der Waals surface area contributed by atoms with E-state index in [1.54, 1.807) is 6.92 Å². The SMILES string of the molecule is C=C(C)C(=O)NC1COC(=O)OC1. The molecule has 0 saturated carbocycles. The van der Waals surface area contributed by atoms with E-state index in [4.69, 9.17) is 0 Å². The highest BCUT2D eigenvalue weighted by molar-refractivity contribution is 5.92. The first kappa shape index (κ1) is 9.57. The third-order valence-electron chi connectivity index (χ3n) is 1.53. The highest BCUT2D eigenvalue weighted by Gasteiger charge is 2.22. The van der Waals surface area contributed by atoms with Crippen molar-refractivity contribution in [2.24, 2.45) is 0 Å². The zero-order valence-corrected chi connectivity index (χ0v) is 7.33. The standard InChI is InChI=1S/C8H11NO4/c1-5(2)7(10)9-6-3-12-8(11)13-4-6/h6H,1,3-4H2,2H3,(H,9,10). The maximum atomic E-state index is 11.1. The number of rotatable bonds is 2. The maximum Gasteiger partial charge on any atom is 0.508 e. The van der Waals surface area contributed by atoms with Gasteiger partial charge in [-0.2, -0.15) is 0 Å². The Hall–Kier alpha value is -1.52. The summed E-state index contributed by atoms with van der Waals surface area (Å²) in [7, 11) is 0. The molecule has 0 unspecified atom stereocenters. The van der Waals surface area contributed by atoms with Crippen LogP contribution < -0.4 is 5.32 Å². The van der Waals surface area contributed by atoms with Gasteiger partial charge >= 0.3 is 6.16 Å². The second kappa shape index (κ2) is 3.93. The zero-order valence-electron chi connectivity index (χ0n) is 7.33. The Morgan fingerprint density at radius 1 is 1.54 bits per heavy atom. The number of carbonyl (C=O) groups is 2. The minimum absolute atomic E-state index is 0.151. The highest BCUT2D eigenvalue weighted by atomic mass is 16.7. The largest absolute Gasteiger partial charge is 0.508 e. The summed E-state index contributed by atoms with van der Waals surface area (Å²) in [5.41, 5.74) is 0.414. The predicted molar refractivity (Wildman–Crippen MR) is 44.0 cm³/mol. The molecule has 1 rings (SSSR count). The lowest BCUT2D eigenvalue weighted by Gasteiger charge is -2.22. The van der Waals surface area contributed by atoms with Gasteiger partial charge in [0.15, 0.2) is 0 Å². The quantitative estimate of drug-likeness (QED) is 0.493. The van der Waals surface area contributed by atoms with E-state index in [9.17, 15) is 9.59 Å². The van der Waals surface area contributed by atoms with Crippen molar-refractivity contribution in [3.8, 4) is 0 Å². The molecule has 1 heterocycles. The van der Waals surface area contributed by atoms with Crippen LogP contribution in [0.2, 0.25) is 0 Å². The Morgan fingerprint density at radius 2 is 2.08 bits per heavy atom. The summed E-state index contributed by atoms with van der Waals surface area (Å²) in [5.74, 6) is -0.258. The van der Waals surface area contributed by atoms with E-state index in [1.807, 2.05) is 0 Å². The number of carbonyl (C=O) groups excluding carboxylic acids is 2. The Kier molecular flexibility index (Phi) is 2.89. The summed E-state index contributed by atoms with van der Waals surface area (Å²) in [6.45, 7) is 5.38. The molecule has 0 aromatic carbocycles. The molecule has 1 saturated heterocycles. The fourth-order valence-electron chi connectivity index (χ4n) is 0.819. The van der Waals surface area contributed by atoms with Crippen molar-refractivity contribution in [1.29, 1.82) is 0 Å². The van der Waals surface area contributed by atoms with Crippen LogP contribution in [-0.2, 0) is 14.3 Å². The van der Waals surface area contributed by atoms with E-state index in [1.165, 1.54) is 0 Å². The molecule has 5 nitrogen and oxygen atoms in total. The number of hydrogen-bond donors (Lipinski definition) is 1. The third-order valence-corrected chi connectivity index (χ3v) is 1.53. The molecule has 5 heteroatoms. The molecule has 0 aromatic rings. The van der Waals surface area contributed by atoms with E-state index in [0.717, 1.165) is 0 Å². The summed E-state index contributed by atoms with van der Waals surface area (Å²) in [5, 5.41) is 2.60. The lowest BCUT2D eigenvalue weighted by molar-refractivity contribution is -0.119. The molecule has 0 radical (unpaired) electrons. The fraction of sp³-hybridized carbons (Fsp3) is 0.500. The van der Waals surface area contributed by atoms with Gasteiger partial charge in [0.1, 0.15) is 13.2 Å². The van der Waals surface area contributed by atoms with Crippen LogP contribution in [0, 0.1) is 0 Å². The van der Waals surface area contributed by atoms with Gasteiger partial charge in [0.2, 0.25) is 5.91 Å². The second-order valence-corrected chi connectivity index (χ2v) is 2.82. The molecule has 13 heavy (non-hydrogen) atoms. The summed E-state index contributed by atoms with van der Waals surface area (Å²) in [6, 6.07) is -0.276. The van der Waals surface area contributed by atoms with Crippen molar-refractivity contribution in [1.82, 2.24) is 5.32 Å². The van der Waals surface area contributed by atoms with Gasteiger partial charge < -0.3 is 14.8 Å². The Balaban J connectivity index is 2.34. The molecular weight excluding hydrogens is 174 g/mol. The van der Waals surface area contributed by atoms with Crippen LogP contribution >= 0.6 is 0 Å². The molecule has 72 valence electrons. The van der Waals surface area contributed by atoms with Crippen LogP contribution in [0.15, 0.2) is 12.2 Å². The summed E-state index contributed by atoms with van der Waals surface area (Å²) >= 11 is 0. The first-order valence-electron chi connectivity index (χ1n) is 3.85. The number of nitrogens with one attached hydrogen (secondary N) is 1. The molecule has 1 aliphatic rings. The molecule has 1 fully saturated rings. The maximum absolute atomic E-state index is 11.1. The lowest BCUT2D eigenvalue weighted by atomic mass is 10.2. The van der Waals surface area contributed by atoms with Crippen molar-refractivity contribution in [3.05, 3.63) is 12.2 Å². The Morgan fingerprint density at radius 3 is 2.54 bits per heavy atom. The van der Waals surface area contributed by atoms with Gasteiger partial charge in [-0.05, 0) is 6.92 Å². The van der Waals surface area contributed by atoms with Gasteiger partial charge in [-0.1, -0.05) is 6.58 Å². The topological polar surface area (TPSA) is 64.6 Å². The number of hydrogen-bond acceptors (Lipinski definition) is 4. The van der Waals surface area contributed by atoms with Crippen molar-refractivity contribution in [2.75, 3.05) is 13.2 Å². The molecule has 0 bridgehead atoms. The van der Waals surface area contributed by atoms with Crippen LogP contribution in [0.3, 0.4) is 0 Å². The van der Waals surface area contributed by atoms with Gasteiger partial charge in [0.25, 0.3) is 0 Å². The molecule has 0 aromatic heterocycles. The fourth-order valence-corrected chi connectivity index (χ4v) is 0.819. The molecular formula is C8H11NO4. The van der Waals surface area contributed by atoms with Crippen molar-refractivity contribution in [3.63, 3.8) is 0 Å². The van der Waals surface area contributed by atoms with Gasteiger partial charge in [-0.15, -0.1) is 0 Å². The smallest absolute Gasteiger partial charge is 0.432 e. The number of cyclic esters (lactones) is 2. The van der Waals surface area contributed by atoms with Gasteiger partial charge in [-0.3, -0.25) is 4.79 Å². The Labute approximate surface area is 75.7 Å². The molecule has 0 aliphatic carbocycles. The minimum Gasteiger partial charge on any atom is -0.432 e. The van der Waals surface area contributed by atoms with E-state index >= 15 is 0 Å². The summed E-state index contributed by atoms with van der Waals surface area (Å²) in [6.07, 6.45) is -0.694. The van der Waals surface area contributed by atoms with Crippen LogP contribution in [0.4, 0.5) is 4.79 Å². The third kappa shape index (κ3) is 2.77. The summed E-state index contributed by atoms with van der Waals surface area (Å²) in [4.78, 5) is 21.5. The van der Waals surface area contributed by atoms with Crippen molar-refractivity contribution >= 4 is 12.1 Å². The second-order valence-electron chi connectivity index (χ2n) is 2.82. The van der Waals surface area contributed by atoms with E-state index in [0.29, 0.717) is 5.57 Å². The first-order chi connectivity index (χ1) is 6.09. The van der Waals surface area contributed by atoms with E-state index in [2.05, 4.69) is 21.4 Å². The molecule has 1 amide bonds. The van der Waals surface area contributed by atoms with Gasteiger partial charge in [-0.25, -0.2) is 4.79 Å².